The lowest BCUT2D eigenvalue weighted by Crippen LogP contribution is -2.18. The molecular formula is C44H60O5+2. The summed E-state index contributed by atoms with van der Waals surface area (Å²) in [6, 6.07) is 45.4. The molecule has 0 saturated carbocycles. The highest BCUT2D eigenvalue weighted by molar-refractivity contribution is 5.72. The first-order valence-electron chi connectivity index (χ1n) is 15.7. The van der Waals surface area contributed by atoms with Gasteiger partial charge >= 0.3 is 2.85 Å². The summed E-state index contributed by atoms with van der Waals surface area (Å²) < 4.78 is 5.32. The standard InChI is InChI=1S/C15H16O2.C10H14O.C6H6O.C6H6.C3H6O.C3H6.CH4/c1-15(2,11-3-7-13(16)8-4-11)12-5-9-14(17)10-6-12;1-10(2,11-3)9-7-5-4-6-8-9;7-6-4-2-1-3-5-6;1-2-4-6-5-3-1;1-3(2)4;1-3-2;/h3-10,16-17H,1-2H3;4-8H,1-3H3;1-5,7H;1-6H;1-2H3;3H,1H2,2H3;1H4/p+2. The van der Waals surface area contributed by atoms with E-state index < -0.39 is 0 Å². The van der Waals surface area contributed by atoms with Crippen LogP contribution in [0.15, 0.2) is 158 Å². The average Bonchev–Trinajstić information content (AvgIpc) is 3.08. The van der Waals surface area contributed by atoms with Crippen molar-refractivity contribution in [1.29, 1.82) is 0 Å². The predicted octanol–water partition coefficient (Wildman–Crippen LogP) is 11.7. The molecule has 0 aliphatic heterocycles. The summed E-state index contributed by atoms with van der Waals surface area (Å²) in [4.78, 5) is 9.44. The fourth-order valence-electron chi connectivity index (χ4n) is 3.69. The van der Waals surface area contributed by atoms with E-state index in [1.807, 2.05) is 91.9 Å². The van der Waals surface area contributed by atoms with Gasteiger partial charge in [0.25, 0.3) is 0 Å². The third-order valence-corrected chi connectivity index (χ3v) is 6.58. The second kappa shape index (κ2) is 25.9. The van der Waals surface area contributed by atoms with Gasteiger partial charge in [0.2, 0.25) is 0 Å². The number of hydrogen-bond acceptors (Lipinski definition) is 5. The van der Waals surface area contributed by atoms with Gasteiger partial charge in [-0.05, 0) is 87.7 Å². The van der Waals surface area contributed by atoms with Crippen LogP contribution in [-0.2, 0) is 20.5 Å². The number of rotatable bonds is 4. The molecule has 0 bridgehead atoms. The summed E-state index contributed by atoms with van der Waals surface area (Å²) in [5.41, 5.74) is 3.15. The van der Waals surface area contributed by atoms with Gasteiger partial charge in [0, 0.05) is 12.5 Å². The molecule has 0 spiro atoms. The van der Waals surface area contributed by atoms with E-state index >= 15 is 0 Å². The van der Waals surface area contributed by atoms with Crippen LogP contribution in [0.4, 0.5) is 0 Å². The number of benzene rings is 5. The number of carbonyl (C=O) groups excluding carboxylic acids is 1. The van der Waals surface area contributed by atoms with Gasteiger partial charge in [-0.3, -0.25) is 0 Å². The Kier molecular flexibility index (Phi) is 24.3. The molecule has 264 valence electrons. The zero-order valence-corrected chi connectivity index (χ0v) is 29.8. The van der Waals surface area contributed by atoms with Crippen molar-refractivity contribution < 1.29 is 27.7 Å². The molecule has 5 aromatic rings. The first-order chi connectivity index (χ1) is 22.7. The van der Waals surface area contributed by atoms with E-state index in [1.165, 1.54) is 19.4 Å². The molecule has 3 N–H and O–H groups in total. The SMILES string of the molecule is C.C=CC.CC(C)(c1ccc(O)cc1)c1ccc(O)cc1.CC(C)=O.COC(C)(C)c1ccccc1.Oc1ccccc1.[H+].[H+].c1ccccc1. The second-order valence-corrected chi connectivity index (χ2v) is 11.6. The van der Waals surface area contributed by atoms with Crippen molar-refractivity contribution >= 4 is 5.78 Å². The van der Waals surface area contributed by atoms with Crippen molar-refractivity contribution in [2.45, 2.75) is 66.9 Å². The molecule has 0 fully saturated rings. The Balaban J connectivity index is -0.000000283. The maximum atomic E-state index is 9.44. The van der Waals surface area contributed by atoms with E-state index in [1.54, 1.807) is 61.7 Å². The van der Waals surface area contributed by atoms with E-state index in [4.69, 9.17) is 9.84 Å². The summed E-state index contributed by atoms with van der Waals surface area (Å²) >= 11 is 0. The Morgan fingerprint density at radius 2 is 0.816 bits per heavy atom. The van der Waals surface area contributed by atoms with Crippen LogP contribution in [0, 0.1) is 0 Å². The van der Waals surface area contributed by atoms with E-state index in [0.29, 0.717) is 5.75 Å². The van der Waals surface area contributed by atoms with Gasteiger partial charge in [0.15, 0.2) is 0 Å². The Morgan fingerprint density at radius 3 is 1.06 bits per heavy atom. The van der Waals surface area contributed by atoms with E-state index in [9.17, 15) is 15.0 Å². The second-order valence-electron chi connectivity index (χ2n) is 11.6. The van der Waals surface area contributed by atoms with Crippen LogP contribution in [0.25, 0.3) is 0 Å². The first-order valence-corrected chi connectivity index (χ1v) is 15.7. The molecule has 49 heavy (non-hydrogen) atoms. The fraction of sp³-hybridized carbons (Fsp3) is 0.250. The number of allylic oxidation sites excluding steroid dienone is 1. The third-order valence-electron chi connectivity index (χ3n) is 6.58. The molecular weight excluding hydrogens is 608 g/mol. The topological polar surface area (TPSA) is 87.0 Å². The number of phenolic OH excluding ortho intramolecular Hbond substituents is 3. The zero-order valence-electron chi connectivity index (χ0n) is 31.8. The summed E-state index contributed by atoms with van der Waals surface area (Å²) in [7, 11) is 1.73. The van der Waals surface area contributed by atoms with E-state index in [-0.39, 0.29) is 38.6 Å². The minimum atomic E-state index is -0.165. The van der Waals surface area contributed by atoms with Crippen molar-refractivity contribution in [3.05, 3.63) is 175 Å². The number of methoxy groups -OCH3 is 1. The van der Waals surface area contributed by atoms with Gasteiger partial charge < -0.3 is 24.9 Å². The molecule has 0 atom stereocenters. The third kappa shape index (κ3) is 21.4. The summed E-state index contributed by atoms with van der Waals surface area (Å²) in [6.45, 7) is 16.7. The summed E-state index contributed by atoms with van der Waals surface area (Å²) in [5.74, 6) is 1.04. The molecule has 0 unspecified atom stereocenters. The molecule has 5 nitrogen and oxygen atoms in total. The van der Waals surface area contributed by atoms with Crippen LogP contribution >= 0.6 is 0 Å². The van der Waals surface area contributed by atoms with Crippen LogP contribution in [0.1, 0.15) is 75.4 Å². The van der Waals surface area contributed by atoms with Gasteiger partial charge in [-0.15, -0.1) is 6.58 Å². The van der Waals surface area contributed by atoms with Crippen molar-refractivity contribution in [3.63, 3.8) is 0 Å². The molecule has 5 aromatic carbocycles. The van der Waals surface area contributed by atoms with Gasteiger partial charge in [0.1, 0.15) is 23.0 Å². The van der Waals surface area contributed by atoms with Crippen LogP contribution in [0.2, 0.25) is 0 Å². The fourth-order valence-corrected chi connectivity index (χ4v) is 3.69. The molecule has 5 rings (SSSR count). The highest BCUT2D eigenvalue weighted by Gasteiger charge is 2.22. The first kappa shape index (κ1) is 46.0. The van der Waals surface area contributed by atoms with Gasteiger partial charge in [0.05, 0.1) is 5.60 Å². The van der Waals surface area contributed by atoms with Crippen molar-refractivity contribution in [2.24, 2.45) is 0 Å². The Bertz CT molecular complexity index is 1430. The lowest BCUT2D eigenvalue weighted by atomic mass is 9.78. The smallest absolute Gasteiger partial charge is 0.508 e. The molecule has 0 heterocycles. The van der Waals surface area contributed by atoms with Crippen LogP contribution < -0.4 is 0 Å². The van der Waals surface area contributed by atoms with Crippen molar-refractivity contribution in [1.82, 2.24) is 0 Å². The van der Waals surface area contributed by atoms with E-state index in [2.05, 4.69) is 46.4 Å². The molecule has 0 amide bonds. The largest absolute Gasteiger partial charge is 1.00 e. The Labute approximate surface area is 299 Å². The number of para-hydroxylation sites is 1. The lowest BCUT2D eigenvalue weighted by molar-refractivity contribution is -0.115. The average molecular weight is 669 g/mol. The maximum absolute atomic E-state index is 9.44. The van der Waals surface area contributed by atoms with Gasteiger partial charge in [-0.2, -0.15) is 0 Å². The molecule has 0 aromatic heterocycles. The minimum absolute atomic E-state index is 0. The lowest BCUT2D eigenvalue weighted by Gasteiger charge is -2.26. The van der Waals surface area contributed by atoms with Crippen LogP contribution in [-0.4, -0.2) is 28.2 Å². The normalized spacial score (nSPS) is 9.55. The molecule has 0 saturated heterocycles. The number of Topliss-reactive ketones (excluding diaryl/α,β-unsaturated/α-hetero) is 1. The number of ether oxygens (including phenoxy) is 1. The molecule has 5 heteroatoms. The van der Waals surface area contributed by atoms with Crippen LogP contribution in [0.3, 0.4) is 0 Å². The number of ketones is 1. The quantitative estimate of drug-likeness (QED) is 0.166. The maximum Gasteiger partial charge on any atom is 1.00 e. The van der Waals surface area contributed by atoms with Crippen LogP contribution in [0.5, 0.6) is 17.2 Å². The predicted molar refractivity (Wildman–Crippen MR) is 211 cm³/mol. The Morgan fingerprint density at radius 1 is 0.571 bits per heavy atom. The number of carbonyl (C=O) groups is 1. The highest BCUT2D eigenvalue weighted by atomic mass is 16.5. The molecule has 0 radical (unpaired) electrons. The number of aromatic hydroxyl groups is 3. The summed E-state index contributed by atoms with van der Waals surface area (Å²) in [5, 5.41) is 27.2. The van der Waals surface area contributed by atoms with Crippen molar-refractivity contribution in [2.75, 3.05) is 7.11 Å². The van der Waals surface area contributed by atoms with Gasteiger partial charge in [-0.1, -0.05) is 137 Å². The van der Waals surface area contributed by atoms with Gasteiger partial charge in [-0.25, -0.2) is 0 Å². The Hall–Kier alpha value is -5.13. The highest BCUT2D eigenvalue weighted by Crippen LogP contribution is 2.33. The monoisotopic (exact) mass is 668 g/mol. The van der Waals surface area contributed by atoms with Crippen molar-refractivity contribution in [3.8, 4) is 17.2 Å². The molecule has 0 aliphatic carbocycles. The van der Waals surface area contributed by atoms with E-state index in [0.717, 1.165) is 11.1 Å². The molecule has 0 aliphatic rings. The minimum Gasteiger partial charge on any atom is -0.508 e. The zero-order chi connectivity index (χ0) is 36.4. The number of phenols is 3. The summed E-state index contributed by atoms with van der Waals surface area (Å²) in [6.07, 6.45) is 1.75. The number of hydrogen-bond donors (Lipinski definition) is 3.